The Bertz CT molecular complexity index is 174. The average molecular weight is 147 g/mol. The number of halogens is 1. The lowest BCUT2D eigenvalue weighted by atomic mass is 10.3. The molecule has 1 N–H and O–H groups in total. The van der Waals surface area contributed by atoms with Crippen LogP contribution < -0.4 is 0 Å². The minimum Gasteiger partial charge on any atom is -0.293 e. The summed E-state index contributed by atoms with van der Waals surface area (Å²) < 4.78 is 0. The molecular formula is C5H7ClN2O. The van der Waals surface area contributed by atoms with Gasteiger partial charge in [0, 0.05) is 6.92 Å². The second-order valence-electron chi connectivity index (χ2n) is 1.54. The molecule has 0 radical (unpaired) electrons. The summed E-state index contributed by atoms with van der Waals surface area (Å²) in [5, 5.41) is 6.29. The minimum atomic E-state index is -0.359. The Hall–Kier alpha value is -0.700. The standard InChI is InChI=1S/C5H7ClN2O/c1-3(4(2)9)8-5(6)7/h7H,1-2H3/b7-5?,8-3+. The number of ketones is 1. The van der Waals surface area contributed by atoms with Gasteiger partial charge in [-0.15, -0.1) is 0 Å². The molecule has 0 heterocycles. The van der Waals surface area contributed by atoms with Crippen molar-refractivity contribution in [3.8, 4) is 0 Å². The van der Waals surface area contributed by atoms with Crippen LogP contribution in [0.4, 0.5) is 0 Å². The van der Waals surface area contributed by atoms with E-state index in [1.807, 2.05) is 0 Å². The SMILES string of the molecule is CC(=O)/C(C)=N/C(=N)Cl. The Labute approximate surface area is 58.2 Å². The number of hydrogen-bond donors (Lipinski definition) is 1. The van der Waals surface area contributed by atoms with Gasteiger partial charge in [-0.3, -0.25) is 10.2 Å². The molecule has 0 aliphatic heterocycles. The Balaban J connectivity index is 4.17. The van der Waals surface area contributed by atoms with E-state index in [4.69, 9.17) is 17.0 Å². The van der Waals surface area contributed by atoms with Crippen molar-refractivity contribution < 1.29 is 4.79 Å². The number of amidine groups is 1. The molecule has 0 aromatic heterocycles. The molecule has 0 rings (SSSR count). The normalized spacial score (nSPS) is 11.2. The molecule has 0 aromatic carbocycles. The molecule has 0 unspecified atom stereocenters. The van der Waals surface area contributed by atoms with Crippen LogP contribution in [0.1, 0.15) is 13.8 Å². The summed E-state index contributed by atoms with van der Waals surface area (Å²) in [5.74, 6) is -0.166. The van der Waals surface area contributed by atoms with E-state index >= 15 is 0 Å². The van der Waals surface area contributed by atoms with Crippen molar-refractivity contribution in [1.82, 2.24) is 0 Å². The summed E-state index contributed by atoms with van der Waals surface area (Å²) in [5.41, 5.74) is 0.259. The van der Waals surface area contributed by atoms with Crippen LogP contribution in [0.25, 0.3) is 0 Å². The lowest BCUT2D eigenvalue weighted by Crippen LogP contribution is -2.05. The lowest BCUT2D eigenvalue weighted by molar-refractivity contribution is -0.111. The van der Waals surface area contributed by atoms with E-state index in [0.29, 0.717) is 0 Å². The predicted molar refractivity (Wildman–Crippen MR) is 37.4 cm³/mol. The van der Waals surface area contributed by atoms with Gasteiger partial charge in [-0.2, -0.15) is 0 Å². The highest BCUT2D eigenvalue weighted by atomic mass is 35.5. The third-order valence-electron chi connectivity index (χ3n) is 0.775. The highest BCUT2D eigenvalue weighted by Crippen LogP contribution is 1.86. The van der Waals surface area contributed by atoms with Crippen LogP contribution in [0.3, 0.4) is 0 Å². The molecule has 3 nitrogen and oxygen atoms in total. The minimum absolute atomic E-state index is 0.166. The molecule has 4 heteroatoms. The Morgan fingerprint density at radius 2 is 2.00 bits per heavy atom. The van der Waals surface area contributed by atoms with Crippen molar-refractivity contribution in [2.45, 2.75) is 13.8 Å². The van der Waals surface area contributed by atoms with E-state index in [-0.39, 0.29) is 16.8 Å². The largest absolute Gasteiger partial charge is 0.293 e. The summed E-state index contributed by atoms with van der Waals surface area (Å²) in [7, 11) is 0. The summed E-state index contributed by atoms with van der Waals surface area (Å²) in [6, 6.07) is 0. The van der Waals surface area contributed by atoms with Crippen molar-refractivity contribution >= 4 is 28.4 Å². The zero-order valence-corrected chi connectivity index (χ0v) is 5.99. The second kappa shape index (κ2) is 3.35. The maximum absolute atomic E-state index is 10.4. The average Bonchev–Trinajstić information content (AvgIpc) is 1.63. The van der Waals surface area contributed by atoms with Crippen LogP contribution in [0, 0.1) is 5.41 Å². The summed E-state index contributed by atoms with van der Waals surface area (Å²) in [6.07, 6.45) is 0. The number of Topliss-reactive ketones (excluding diaryl/α,β-unsaturated/α-hetero) is 1. The molecular weight excluding hydrogens is 140 g/mol. The van der Waals surface area contributed by atoms with Gasteiger partial charge in [0.15, 0.2) is 5.78 Å². The number of hydrogen-bond acceptors (Lipinski definition) is 2. The Morgan fingerprint density at radius 3 is 2.11 bits per heavy atom. The molecule has 0 atom stereocenters. The summed E-state index contributed by atoms with van der Waals surface area (Å²) in [4.78, 5) is 13.8. The predicted octanol–water partition coefficient (Wildman–Crippen LogP) is 1.21. The molecule has 0 aliphatic carbocycles. The number of carbonyl (C=O) groups excluding carboxylic acids is 1. The number of carbonyl (C=O) groups is 1. The summed E-state index contributed by atoms with van der Waals surface area (Å²) >= 11 is 5.06. The van der Waals surface area contributed by atoms with Crippen LogP contribution in [-0.2, 0) is 4.79 Å². The van der Waals surface area contributed by atoms with Crippen LogP contribution >= 0.6 is 11.6 Å². The van der Waals surface area contributed by atoms with Crippen LogP contribution in [0.2, 0.25) is 0 Å². The van der Waals surface area contributed by atoms with E-state index in [9.17, 15) is 4.79 Å². The van der Waals surface area contributed by atoms with Crippen molar-refractivity contribution in [3.63, 3.8) is 0 Å². The molecule has 0 aromatic rings. The zero-order valence-electron chi connectivity index (χ0n) is 5.23. The third kappa shape index (κ3) is 3.85. The molecule has 0 aliphatic rings. The number of nitrogens with zero attached hydrogens (tertiary/aromatic N) is 1. The van der Waals surface area contributed by atoms with Crippen molar-refractivity contribution in [1.29, 1.82) is 5.41 Å². The molecule has 0 saturated heterocycles. The fraction of sp³-hybridized carbons (Fsp3) is 0.400. The van der Waals surface area contributed by atoms with Gasteiger partial charge >= 0.3 is 0 Å². The molecule has 9 heavy (non-hydrogen) atoms. The Kier molecular flexibility index (Phi) is 3.09. The van der Waals surface area contributed by atoms with Crippen LogP contribution in [0.5, 0.6) is 0 Å². The molecule has 0 fully saturated rings. The van der Waals surface area contributed by atoms with Gasteiger partial charge in [0.1, 0.15) is 0 Å². The van der Waals surface area contributed by atoms with E-state index < -0.39 is 0 Å². The van der Waals surface area contributed by atoms with Crippen LogP contribution in [-0.4, -0.2) is 16.8 Å². The second-order valence-corrected chi connectivity index (χ2v) is 1.90. The van der Waals surface area contributed by atoms with Crippen molar-refractivity contribution in [3.05, 3.63) is 0 Å². The fourth-order valence-electron chi connectivity index (χ4n) is 0.226. The Morgan fingerprint density at radius 1 is 1.56 bits per heavy atom. The third-order valence-corrected chi connectivity index (χ3v) is 0.860. The molecule has 0 amide bonds. The van der Waals surface area contributed by atoms with Gasteiger partial charge in [-0.25, -0.2) is 4.99 Å². The quantitative estimate of drug-likeness (QED) is 0.338. The lowest BCUT2D eigenvalue weighted by Gasteiger charge is -1.88. The maximum Gasteiger partial charge on any atom is 0.215 e. The molecule has 50 valence electrons. The molecule has 0 spiro atoms. The highest BCUT2D eigenvalue weighted by molar-refractivity contribution is 6.65. The van der Waals surface area contributed by atoms with Gasteiger partial charge in [0.05, 0.1) is 5.71 Å². The van der Waals surface area contributed by atoms with E-state index in [2.05, 4.69) is 4.99 Å². The first-order valence-corrected chi connectivity index (χ1v) is 2.72. The van der Waals surface area contributed by atoms with Gasteiger partial charge in [-0.05, 0) is 18.5 Å². The van der Waals surface area contributed by atoms with Crippen LogP contribution in [0.15, 0.2) is 4.99 Å². The fourth-order valence-corrected chi connectivity index (χ4v) is 0.353. The smallest absolute Gasteiger partial charge is 0.215 e. The number of nitrogens with one attached hydrogen (secondary N) is 1. The van der Waals surface area contributed by atoms with Crippen molar-refractivity contribution in [2.24, 2.45) is 4.99 Å². The van der Waals surface area contributed by atoms with E-state index in [1.54, 1.807) is 0 Å². The first-order chi connectivity index (χ1) is 4.04. The van der Waals surface area contributed by atoms with E-state index in [1.165, 1.54) is 13.8 Å². The molecule has 0 bridgehead atoms. The van der Waals surface area contributed by atoms with Gasteiger partial charge in [0.25, 0.3) is 0 Å². The number of rotatable bonds is 1. The highest BCUT2D eigenvalue weighted by Gasteiger charge is 1.96. The van der Waals surface area contributed by atoms with Gasteiger partial charge in [-0.1, -0.05) is 0 Å². The first-order valence-electron chi connectivity index (χ1n) is 2.34. The topological polar surface area (TPSA) is 53.3 Å². The number of aliphatic imine (C=N–C) groups is 1. The van der Waals surface area contributed by atoms with Gasteiger partial charge < -0.3 is 0 Å². The van der Waals surface area contributed by atoms with Crippen molar-refractivity contribution in [2.75, 3.05) is 0 Å². The summed E-state index contributed by atoms with van der Waals surface area (Å²) in [6.45, 7) is 2.89. The van der Waals surface area contributed by atoms with Gasteiger partial charge in [0.2, 0.25) is 5.29 Å². The monoisotopic (exact) mass is 146 g/mol. The first kappa shape index (κ1) is 8.30. The van der Waals surface area contributed by atoms with E-state index in [0.717, 1.165) is 0 Å². The zero-order chi connectivity index (χ0) is 7.44. The maximum atomic E-state index is 10.4. The molecule has 0 saturated carbocycles.